The Kier molecular flexibility index (Phi) is 5.14. The zero-order chi connectivity index (χ0) is 12.0. The molecule has 16 heavy (non-hydrogen) atoms. The molecule has 0 amide bonds. The molecule has 0 unspecified atom stereocenters. The van der Waals surface area contributed by atoms with Gasteiger partial charge in [0.1, 0.15) is 0 Å². The molecule has 1 heterocycles. The van der Waals surface area contributed by atoms with Crippen molar-refractivity contribution in [1.29, 1.82) is 0 Å². The highest BCUT2D eigenvalue weighted by Crippen LogP contribution is 2.11. The van der Waals surface area contributed by atoms with Gasteiger partial charge in [-0.15, -0.1) is 0 Å². The number of nitrogens with zero attached hydrogens (tertiary/aromatic N) is 3. The van der Waals surface area contributed by atoms with Crippen LogP contribution < -0.4 is 4.90 Å². The second-order valence-electron chi connectivity index (χ2n) is 3.65. The van der Waals surface area contributed by atoms with Crippen molar-refractivity contribution in [3.05, 3.63) is 17.5 Å². The van der Waals surface area contributed by atoms with Crippen LogP contribution in [0.25, 0.3) is 0 Å². The molecule has 0 spiro atoms. The third-order valence-corrected chi connectivity index (χ3v) is 2.38. The summed E-state index contributed by atoms with van der Waals surface area (Å²) in [5.41, 5.74) is 1.52. The maximum absolute atomic E-state index is 9.02. The fourth-order valence-corrected chi connectivity index (χ4v) is 1.49. The molecule has 0 aliphatic heterocycles. The Morgan fingerprint density at radius 1 is 1.31 bits per heavy atom. The van der Waals surface area contributed by atoms with Crippen LogP contribution in [0.4, 0.5) is 5.95 Å². The van der Waals surface area contributed by atoms with Crippen LogP contribution in [-0.2, 0) is 6.61 Å². The molecule has 0 aromatic carbocycles. The Morgan fingerprint density at radius 2 is 2.06 bits per heavy atom. The first kappa shape index (κ1) is 12.9. The zero-order valence-corrected chi connectivity index (χ0v) is 9.85. The van der Waals surface area contributed by atoms with E-state index in [1.54, 1.807) is 6.20 Å². The molecule has 1 aromatic rings. The first-order chi connectivity index (χ1) is 7.72. The first-order valence-corrected chi connectivity index (χ1v) is 5.52. The smallest absolute Gasteiger partial charge is 0.225 e. The highest BCUT2D eigenvalue weighted by Gasteiger charge is 2.09. The van der Waals surface area contributed by atoms with Gasteiger partial charge in [-0.25, -0.2) is 9.97 Å². The van der Waals surface area contributed by atoms with Crippen LogP contribution in [0.2, 0.25) is 0 Å². The van der Waals surface area contributed by atoms with Crippen LogP contribution in [0.3, 0.4) is 0 Å². The molecule has 0 saturated heterocycles. The molecule has 0 aliphatic carbocycles. The van der Waals surface area contributed by atoms with Crippen molar-refractivity contribution < 1.29 is 10.2 Å². The van der Waals surface area contributed by atoms with Gasteiger partial charge in [-0.2, -0.15) is 0 Å². The van der Waals surface area contributed by atoms with Gasteiger partial charge in [0.05, 0.1) is 13.2 Å². The van der Waals surface area contributed by atoms with E-state index < -0.39 is 0 Å². The van der Waals surface area contributed by atoms with Gasteiger partial charge >= 0.3 is 0 Å². The fourth-order valence-electron chi connectivity index (χ4n) is 1.49. The molecule has 5 heteroatoms. The summed E-state index contributed by atoms with van der Waals surface area (Å²) in [5.74, 6) is 0.616. The number of hydrogen-bond acceptors (Lipinski definition) is 5. The molecule has 90 valence electrons. The van der Waals surface area contributed by atoms with Gasteiger partial charge in [-0.3, -0.25) is 0 Å². The van der Waals surface area contributed by atoms with E-state index in [0.29, 0.717) is 12.5 Å². The molecular weight excluding hydrogens is 206 g/mol. The number of aliphatic hydroxyl groups excluding tert-OH is 2. The molecule has 0 atom stereocenters. The zero-order valence-electron chi connectivity index (χ0n) is 9.85. The average molecular weight is 225 g/mol. The lowest BCUT2D eigenvalue weighted by atomic mass is 10.2. The molecule has 0 saturated carbocycles. The second kappa shape index (κ2) is 6.40. The lowest BCUT2D eigenvalue weighted by molar-refractivity contribution is 0.279. The van der Waals surface area contributed by atoms with Crippen LogP contribution in [0.15, 0.2) is 6.20 Å². The Bertz CT molecular complexity index is 325. The third kappa shape index (κ3) is 3.15. The number of rotatable bonds is 6. The van der Waals surface area contributed by atoms with Gasteiger partial charge < -0.3 is 15.1 Å². The van der Waals surface area contributed by atoms with Crippen LogP contribution >= 0.6 is 0 Å². The van der Waals surface area contributed by atoms with Gasteiger partial charge in [0, 0.05) is 30.5 Å². The number of aromatic nitrogens is 2. The summed E-state index contributed by atoms with van der Waals surface area (Å²) in [6.45, 7) is 5.31. The second-order valence-corrected chi connectivity index (χ2v) is 3.65. The van der Waals surface area contributed by atoms with Crippen molar-refractivity contribution in [3.63, 3.8) is 0 Å². The van der Waals surface area contributed by atoms with Crippen molar-refractivity contribution in [2.75, 3.05) is 24.6 Å². The van der Waals surface area contributed by atoms with E-state index >= 15 is 0 Å². The first-order valence-electron chi connectivity index (χ1n) is 5.52. The SMILES string of the molecule is CCCN(CCO)c1ncc(CO)c(C)n1. The minimum Gasteiger partial charge on any atom is -0.395 e. The Morgan fingerprint density at radius 3 is 2.56 bits per heavy atom. The topological polar surface area (TPSA) is 69.5 Å². The molecule has 0 bridgehead atoms. The lowest BCUT2D eigenvalue weighted by Gasteiger charge is -2.21. The Hall–Kier alpha value is -1.20. The van der Waals surface area contributed by atoms with E-state index in [1.807, 2.05) is 11.8 Å². The summed E-state index contributed by atoms with van der Waals surface area (Å²) in [5, 5.41) is 18.0. The summed E-state index contributed by atoms with van der Waals surface area (Å²) in [4.78, 5) is 10.5. The predicted molar refractivity (Wildman–Crippen MR) is 62.3 cm³/mol. The largest absolute Gasteiger partial charge is 0.395 e. The third-order valence-electron chi connectivity index (χ3n) is 2.38. The maximum atomic E-state index is 9.02. The summed E-state index contributed by atoms with van der Waals surface area (Å²) in [6, 6.07) is 0. The average Bonchev–Trinajstić information content (AvgIpc) is 2.28. The summed E-state index contributed by atoms with van der Waals surface area (Å²) < 4.78 is 0. The van der Waals surface area contributed by atoms with Crippen molar-refractivity contribution in [3.8, 4) is 0 Å². The van der Waals surface area contributed by atoms with E-state index in [9.17, 15) is 0 Å². The molecule has 0 aliphatic rings. The Labute approximate surface area is 95.8 Å². The molecule has 0 fully saturated rings. The van der Waals surface area contributed by atoms with Crippen LogP contribution in [0, 0.1) is 6.92 Å². The standard InChI is InChI=1S/C11H19N3O2/c1-3-4-14(5-6-15)11-12-7-10(8-16)9(2)13-11/h7,15-16H,3-6,8H2,1-2H3. The monoisotopic (exact) mass is 225 g/mol. The van der Waals surface area contributed by atoms with E-state index in [4.69, 9.17) is 10.2 Å². The highest BCUT2D eigenvalue weighted by molar-refractivity contribution is 5.32. The normalized spacial score (nSPS) is 10.5. The van der Waals surface area contributed by atoms with E-state index in [1.165, 1.54) is 0 Å². The highest BCUT2D eigenvalue weighted by atomic mass is 16.3. The van der Waals surface area contributed by atoms with Crippen LogP contribution in [0.1, 0.15) is 24.6 Å². The molecule has 2 N–H and O–H groups in total. The van der Waals surface area contributed by atoms with Gasteiger partial charge in [0.2, 0.25) is 5.95 Å². The van der Waals surface area contributed by atoms with Crippen LogP contribution in [-0.4, -0.2) is 39.9 Å². The number of aryl methyl sites for hydroxylation is 1. The van der Waals surface area contributed by atoms with Crippen molar-refractivity contribution in [2.24, 2.45) is 0 Å². The quantitative estimate of drug-likeness (QED) is 0.737. The van der Waals surface area contributed by atoms with E-state index in [-0.39, 0.29) is 13.2 Å². The molecule has 1 aromatic heterocycles. The molecular formula is C11H19N3O2. The minimum absolute atomic E-state index is 0.0418. The van der Waals surface area contributed by atoms with Gasteiger partial charge in [0.25, 0.3) is 0 Å². The molecule has 1 rings (SSSR count). The van der Waals surface area contributed by atoms with Crippen molar-refractivity contribution >= 4 is 5.95 Å². The lowest BCUT2D eigenvalue weighted by Crippen LogP contribution is -2.29. The number of anilines is 1. The Balaban J connectivity index is 2.87. The number of aliphatic hydroxyl groups is 2. The maximum Gasteiger partial charge on any atom is 0.225 e. The van der Waals surface area contributed by atoms with Crippen molar-refractivity contribution in [2.45, 2.75) is 26.9 Å². The molecule has 5 nitrogen and oxygen atoms in total. The van der Waals surface area contributed by atoms with E-state index in [2.05, 4.69) is 16.9 Å². The van der Waals surface area contributed by atoms with Gasteiger partial charge in [-0.1, -0.05) is 6.92 Å². The van der Waals surface area contributed by atoms with Gasteiger partial charge in [0.15, 0.2) is 0 Å². The van der Waals surface area contributed by atoms with Gasteiger partial charge in [-0.05, 0) is 13.3 Å². The summed E-state index contributed by atoms with van der Waals surface area (Å²) in [7, 11) is 0. The predicted octanol–water partition coefficient (Wildman–Crippen LogP) is 0.486. The summed E-state index contributed by atoms with van der Waals surface area (Å²) in [6.07, 6.45) is 2.61. The number of hydrogen-bond donors (Lipinski definition) is 2. The minimum atomic E-state index is -0.0418. The van der Waals surface area contributed by atoms with Crippen molar-refractivity contribution in [1.82, 2.24) is 9.97 Å². The molecule has 0 radical (unpaired) electrons. The summed E-state index contributed by atoms with van der Waals surface area (Å²) >= 11 is 0. The van der Waals surface area contributed by atoms with E-state index in [0.717, 1.165) is 24.2 Å². The fraction of sp³-hybridized carbons (Fsp3) is 0.636. The van der Waals surface area contributed by atoms with Crippen LogP contribution in [0.5, 0.6) is 0 Å².